The van der Waals surface area contributed by atoms with Gasteiger partial charge >= 0.3 is 0 Å². The molecule has 0 radical (unpaired) electrons. The number of hydrogen-bond donors (Lipinski definition) is 0. The number of ether oxygens (including phenoxy) is 2. The number of imidazole rings is 1. The minimum atomic E-state index is -0.212. The van der Waals surface area contributed by atoms with E-state index in [0.29, 0.717) is 6.54 Å². The highest BCUT2D eigenvalue weighted by atomic mass is 16.7. The van der Waals surface area contributed by atoms with Crippen LogP contribution in [0.25, 0.3) is 0 Å². The quantitative estimate of drug-likeness (QED) is 0.585. The van der Waals surface area contributed by atoms with Gasteiger partial charge < -0.3 is 9.47 Å². The molecule has 102 valence electrons. The Kier molecular flexibility index (Phi) is 4.71. The molecular formula is C15H21N2O2+. The van der Waals surface area contributed by atoms with Crippen molar-refractivity contribution in [2.24, 2.45) is 0 Å². The summed E-state index contributed by atoms with van der Waals surface area (Å²) in [4.78, 5) is 0. The van der Waals surface area contributed by atoms with Crippen LogP contribution < -0.4 is 4.57 Å². The Labute approximate surface area is 114 Å². The van der Waals surface area contributed by atoms with Crippen molar-refractivity contribution in [3.8, 4) is 0 Å². The molecule has 1 aromatic carbocycles. The first-order valence-electron chi connectivity index (χ1n) is 6.39. The SMILES string of the molecule is COC(C[n+]1ccn(Cc2ccccc2)c1C)OC. The van der Waals surface area contributed by atoms with Crippen molar-refractivity contribution in [3.05, 3.63) is 54.1 Å². The summed E-state index contributed by atoms with van der Waals surface area (Å²) in [5.41, 5.74) is 1.29. The Morgan fingerprint density at radius 3 is 2.47 bits per heavy atom. The second-order valence-corrected chi connectivity index (χ2v) is 4.51. The lowest BCUT2D eigenvalue weighted by molar-refractivity contribution is -0.715. The third-order valence-electron chi connectivity index (χ3n) is 3.33. The minimum Gasteiger partial charge on any atom is -0.352 e. The molecule has 0 bridgehead atoms. The average Bonchev–Trinajstić information content (AvgIpc) is 2.78. The lowest BCUT2D eigenvalue weighted by atomic mass is 10.2. The second kappa shape index (κ2) is 6.50. The van der Waals surface area contributed by atoms with Crippen molar-refractivity contribution in [2.75, 3.05) is 14.2 Å². The van der Waals surface area contributed by atoms with Crippen LogP contribution in [-0.4, -0.2) is 25.1 Å². The Balaban J connectivity index is 2.10. The molecule has 2 aromatic rings. The van der Waals surface area contributed by atoms with Crippen molar-refractivity contribution >= 4 is 0 Å². The van der Waals surface area contributed by atoms with E-state index in [-0.39, 0.29) is 6.29 Å². The highest BCUT2D eigenvalue weighted by molar-refractivity contribution is 5.15. The van der Waals surface area contributed by atoms with Gasteiger partial charge in [-0.2, -0.15) is 0 Å². The van der Waals surface area contributed by atoms with Crippen molar-refractivity contribution in [1.29, 1.82) is 0 Å². The van der Waals surface area contributed by atoms with Gasteiger partial charge in [-0.1, -0.05) is 30.3 Å². The van der Waals surface area contributed by atoms with Gasteiger partial charge in [-0.05, 0) is 5.56 Å². The molecule has 1 heterocycles. The maximum atomic E-state index is 5.23. The average molecular weight is 261 g/mol. The van der Waals surface area contributed by atoms with Gasteiger partial charge in [-0.25, -0.2) is 9.13 Å². The highest BCUT2D eigenvalue weighted by Crippen LogP contribution is 2.04. The Hall–Kier alpha value is -1.65. The fourth-order valence-corrected chi connectivity index (χ4v) is 2.09. The van der Waals surface area contributed by atoms with E-state index in [0.717, 1.165) is 6.54 Å². The Morgan fingerprint density at radius 2 is 1.84 bits per heavy atom. The molecule has 0 spiro atoms. The summed E-state index contributed by atoms with van der Waals surface area (Å²) in [5.74, 6) is 1.18. The van der Waals surface area contributed by atoms with Crippen molar-refractivity contribution < 1.29 is 14.0 Å². The zero-order valence-electron chi connectivity index (χ0n) is 11.7. The predicted octanol–water partition coefficient (Wildman–Crippen LogP) is 1.75. The number of rotatable bonds is 6. The molecule has 0 aliphatic carbocycles. The van der Waals surface area contributed by atoms with E-state index in [1.54, 1.807) is 14.2 Å². The van der Waals surface area contributed by atoms with Crippen molar-refractivity contribution in [3.63, 3.8) is 0 Å². The molecule has 0 saturated carbocycles. The maximum absolute atomic E-state index is 5.23. The van der Waals surface area contributed by atoms with Crippen LogP contribution in [0.1, 0.15) is 11.4 Å². The van der Waals surface area contributed by atoms with Crippen molar-refractivity contribution in [1.82, 2.24) is 4.57 Å². The number of aromatic nitrogens is 2. The van der Waals surface area contributed by atoms with Gasteiger partial charge in [0.25, 0.3) is 5.82 Å². The maximum Gasteiger partial charge on any atom is 0.253 e. The van der Waals surface area contributed by atoms with Crippen LogP contribution in [0.3, 0.4) is 0 Å². The molecule has 0 N–H and O–H groups in total. The molecule has 0 atom stereocenters. The van der Waals surface area contributed by atoms with Gasteiger partial charge in [0.05, 0.1) is 0 Å². The molecule has 0 unspecified atom stereocenters. The van der Waals surface area contributed by atoms with Gasteiger partial charge in [0.1, 0.15) is 25.5 Å². The van der Waals surface area contributed by atoms with Gasteiger partial charge in [-0.3, -0.25) is 0 Å². The van der Waals surface area contributed by atoms with E-state index in [1.165, 1.54) is 11.4 Å². The topological polar surface area (TPSA) is 27.3 Å². The summed E-state index contributed by atoms with van der Waals surface area (Å²) < 4.78 is 14.8. The molecule has 0 aliphatic rings. The fraction of sp³-hybridized carbons (Fsp3) is 0.400. The first-order chi connectivity index (χ1) is 9.24. The van der Waals surface area contributed by atoms with E-state index in [4.69, 9.17) is 9.47 Å². The molecule has 1 aromatic heterocycles. The third kappa shape index (κ3) is 3.43. The lowest BCUT2D eigenvalue weighted by Crippen LogP contribution is -2.42. The first kappa shape index (κ1) is 13.8. The minimum absolute atomic E-state index is 0.212. The molecular weight excluding hydrogens is 240 g/mol. The van der Waals surface area contributed by atoms with Gasteiger partial charge in [0, 0.05) is 21.1 Å². The smallest absolute Gasteiger partial charge is 0.253 e. The summed E-state index contributed by atoms with van der Waals surface area (Å²) in [5, 5.41) is 0. The van der Waals surface area contributed by atoms with Crippen LogP contribution in [0, 0.1) is 6.92 Å². The van der Waals surface area contributed by atoms with Gasteiger partial charge in [0.2, 0.25) is 0 Å². The predicted molar refractivity (Wildman–Crippen MR) is 72.7 cm³/mol. The molecule has 0 amide bonds. The third-order valence-corrected chi connectivity index (χ3v) is 3.33. The summed E-state index contributed by atoms with van der Waals surface area (Å²) >= 11 is 0. The first-order valence-corrected chi connectivity index (χ1v) is 6.39. The standard InChI is InChI=1S/C15H21N2O2/c1-13-16(11-14-7-5-4-6-8-14)9-10-17(13)12-15(18-2)19-3/h4-10,15H,11-12H2,1-3H3/q+1. The Morgan fingerprint density at radius 1 is 1.16 bits per heavy atom. The number of methoxy groups -OCH3 is 2. The molecule has 2 rings (SSSR count). The molecule has 4 heteroatoms. The van der Waals surface area contributed by atoms with Crippen LogP contribution >= 0.6 is 0 Å². The van der Waals surface area contributed by atoms with Crippen LogP contribution in [0.4, 0.5) is 0 Å². The molecule has 0 aliphatic heterocycles. The zero-order chi connectivity index (χ0) is 13.7. The van der Waals surface area contributed by atoms with Gasteiger partial charge in [-0.15, -0.1) is 0 Å². The molecule has 4 nitrogen and oxygen atoms in total. The highest BCUT2D eigenvalue weighted by Gasteiger charge is 2.16. The summed E-state index contributed by atoms with van der Waals surface area (Å²) in [6, 6.07) is 10.4. The molecule has 19 heavy (non-hydrogen) atoms. The summed E-state index contributed by atoms with van der Waals surface area (Å²) in [7, 11) is 3.32. The van der Waals surface area contributed by atoms with Crippen LogP contribution in [0.2, 0.25) is 0 Å². The van der Waals surface area contributed by atoms with Crippen molar-refractivity contribution in [2.45, 2.75) is 26.3 Å². The number of benzene rings is 1. The van der Waals surface area contributed by atoms with E-state index in [1.807, 2.05) is 6.07 Å². The molecule has 0 fully saturated rings. The van der Waals surface area contributed by atoms with Crippen LogP contribution in [0.5, 0.6) is 0 Å². The molecule has 0 saturated heterocycles. The normalized spacial score (nSPS) is 11.2. The van der Waals surface area contributed by atoms with E-state index < -0.39 is 0 Å². The summed E-state index contributed by atoms with van der Waals surface area (Å²) in [6.45, 7) is 3.68. The second-order valence-electron chi connectivity index (χ2n) is 4.51. The van der Waals surface area contributed by atoms with Crippen LogP contribution in [0.15, 0.2) is 42.7 Å². The number of hydrogen-bond acceptors (Lipinski definition) is 2. The zero-order valence-corrected chi connectivity index (χ0v) is 11.7. The Bertz CT molecular complexity index is 504. The van der Waals surface area contributed by atoms with E-state index in [2.05, 4.69) is 52.7 Å². The van der Waals surface area contributed by atoms with Crippen LogP contribution in [-0.2, 0) is 22.6 Å². The number of nitrogens with zero attached hydrogens (tertiary/aromatic N) is 2. The van der Waals surface area contributed by atoms with E-state index >= 15 is 0 Å². The monoisotopic (exact) mass is 261 g/mol. The fourth-order valence-electron chi connectivity index (χ4n) is 2.09. The largest absolute Gasteiger partial charge is 0.352 e. The lowest BCUT2D eigenvalue weighted by Gasteiger charge is -2.11. The van der Waals surface area contributed by atoms with E-state index in [9.17, 15) is 0 Å². The van der Waals surface area contributed by atoms with Gasteiger partial charge in [0.15, 0.2) is 6.29 Å². The summed E-state index contributed by atoms with van der Waals surface area (Å²) in [6.07, 6.45) is 3.94.